The Hall–Kier alpha value is -4.99. The quantitative estimate of drug-likeness (QED) is 0.208. The van der Waals surface area contributed by atoms with Gasteiger partial charge in [0.2, 0.25) is 0 Å². The number of amides is 4. The summed E-state index contributed by atoms with van der Waals surface area (Å²) >= 11 is 0. The maximum Gasteiger partial charge on any atom is 0.324 e. The highest BCUT2D eigenvalue weighted by atomic mass is 16.6. The molecule has 0 atom stereocenters. The van der Waals surface area contributed by atoms with E-state index in [-0.39, 0.29) is 17.5 Å². The summed E-state index contributed by atoms with van der Waals surface area (Å²) in [6.45, 7) is 10.8. The van der Waals surface area contributed by atoms with Gasteiger partial charge >= 0.3 is 12.1 Å². The number of urea groups is 2. The van der Waals surface area contributed by atoms with Gasteiger partial charge in [-0.2, -0.15) is 5.10 Å². The molecule has 3 N–H and O–H groups in total. The first-order chi connectivity index (χ1) is 22.1. The van der Waals surface area contributed by atoms with Crippen LogP contribution in [0.1, 0.15) is 50.4 Å². The fourth-order valence-electron chi connectivity index (χ4n) is 5.77. The third-order valence-electron chi connectivity index (χ3n) is 8.40. The molecule has 0 spiro atoms. The van der Waals surface area contributed by atoms with Crippen LogP contribution in [0.2, 0.25) is 0 Å². The molecular weight excluding hydrogens is 580 g/mol. The maximum atomic E-state index is 13.2. The number of piperidine rings is 1. The van der Waals surface area contributed by atoms with Crippen molar-refractivity contribution in [2.45, 2.75) is 52.4 Å². The molecular formula is C36H42N6O4. The molecule has 0 unspecified atom stereocenters. The van der Waals surface area contributed by atoms with Crippen LogP contribution in [0, 0.1) is 12.8 Å². The SMILES string of the molecule is Cc1ccc(-n2nc(C(C)(C)C)cc2NC(=O)Nc2cccc(CC3CCN(C(=O)Nc4ccc5c(c4)OCCO5)CC3)c2)cc1. The highest BCUT2D eigenvalue weighted by Crippen LogP contribution is 2.33. The highest BCUT2D eigenvalue weighted by Gasteiger charge is 2.24. The van der Waals surface area contributed by atoms with Crippen molar-refractivity contribution >= 4 is 29.3 Å². The van der Waals surface area contributed by atoms with E-state index in [0.717, 1.165) is 47.5 Å². The van der Waals surface area contributed by atoms with Crippen LogP contribution in [-0.4, -0.2) is 53.0 Å². The Morgan fingerprint density at radius 3 is 2.30 bits per heavy atom. The summed E-state index contributed by atoms with van der Waals surface area (Å²) in [7, 11) is 0. The topological polar surface area (TPSA) is 110 Å². The molecule has 0 radical (unpaired) electrons. The summed E-state index contributed by atoms with van der Waals surface area (Å²) in [4.78, 5) is 28.0. The van der Waals surface area contributed by atoms with Crippen molar-refractivity contribution in [2.24, 2.45) is 5.92 Å². The monoisotopic (exact) mass is 622 g/mol. The van der Waals surface area contributed by atoms with E-state index in [9.17, 15) is 9.59 Å². The van der Waals surface area contributed by atoms with E-state index in [0.29, 0.717) is 55.2 Å². The predicted molar refractivity (Wildman–Crippen MR) is 181 cm³/mol. The van der Waals surface area contributed by atoms with Gasteiger partial charge in [-0.25, -0.2) is 14.3 Å². The zero-order chi connectivity index (χ0) is 32.3. The van der Waals surface area contributed by atoms with Crippen LogP contribution in [-0.2, 0) is 11.8 Å². The van der Waals surface area contributed by atoms with Crippen molar-refractivity contribution < 1.29 is 19.1 Å². The van der Waals surface area contributed by atoms with Gasteiger partial charge < -0.3 is 25.0 Å². The average Bonchev–Trinajstić information content (AvgIpc) is 3.46. The Kier molecular flexibility index (Phi) is 8.87. The summed E-state index contributed by atoms with van der Waals surface area (Å²) in [5.74, 6) is 2.40. The molecule has 0 aliphatic carbocycles. The molecule has 4 amide bonds. The summed E-state index contributed by atoms with van der Waals surface area (Å²) < 4.78 is 13.0. The minimum absolute atomic E-state index is 0.106. The number of benzene rings is 3. The minimum atomic E-state index is -0.330. The molecule has 2 aliphatic rings. The summed E-state index contributed by atoms with van der Waals surface area (Å²) in [6.07, 6.45) is 2.70. The van der Waals surface area contributed by atoms with E-state index >= 15 is 0 Å². The van der Waals surface area contributed by atoms with Crippen LogP contribution in [0.25, 0.3) is 5.69 Å². The van der Waals surface area contributed by atoms with Crippen molar-refractivity contribution in [3.8, 4) is 17.2 Å². The zero-order valence-electron chi connectivity index (χ0n) is 26.9. The predicted octanol–water partition coefficient (Wildman–Crippen LogP) is 7.38. The number of hydrogen-bond donors (Lipinski definition) is 3. The lowest BCUT2D eigenvalue weighted by Gasteiger charge is -2.32. The number of aromatic nitrogens is 2. The maximum absolute atomic E-state index is 13.2. The number of anilines is 3. The Balaban J connectivity index is 1.03. The van der Waals surface area contributed by atoms with Crippen molar-refractivity contribution in [3.05, 3.63) is 89.6 Å². The zero-order valence-corrected chi connectivity index (χ0v) is 26.9. The molecule has 1 fully saturated rings. The van der Waals surface area contributed by atoms with Crippen LogP contribution in [0.15, 0.2) is 72.8 Å². The number of nitrogens with zero attached hydrogens (tertiary/aromatic N) is 3. The Morgan fingerprint density at radius 2 is 1.57 bits per heavy atom. The van der Waals surface area contributed by atoms with Gasteiger partial charge in [0.05, 0.1) is 11.4 Å². The summed E-state index contributed by atoms with van der Waals surface area (Å²) in [6, 6.07) is 23.0. The second-order valence-electron chi connectivity index (χ2n) is 13.1. The summed E-state index contributed by atoms with van der Waals surface area (Å²) in [5.41, 5.74) is 5.31. The molecule has 3 aromatic carbocycles. The Bertz CT molecular complexity index is 1700. The smallest absolute Gasteiger partial charge is 0.324 e. The molecule has 1 aromatic heterocycles. The number of fused-ring (bicyclic) bond motifs is 1. The normalized spacial score (nSPS) is 14.9. The molecule has 4 aromatic rings. The minimum Gasteiger partial charge on any atom is -0.486 e. The number of aryl methyl sites for hydroxylation is 1. The summed E-state index contributed by atoms with van der Waals surface area (Å²) in [5, 5.41) is 13.8. The number of rotatable bonds is 6. The second-order valence-corrected chi connectivity index (χ2v) is 13.1. The van der Waals surface area contributed by atoms with Gasteiger partial charge in [-0.05, 0) is 74.1 Å². The number of nitrogens with one attached hydrogen (secondary N) is 3. The van der Waals surface area contributed by atoms with Crippen LogP contribution >= 0.6 is 0 Å². The van der Waals surface area contributed by atoms with E-state index in [2.05, 4.69) is 42.8 Å². The van der Waals surface area contributed by atoms with Crippen LogP contribution in [0.3, 0.4) is 0 Å². The van der Waals surface area contributed by atoms with Gasteiger partial charge in [-0.1, -0.05) is 50.6 Å². The molecule has 3 heterocycles. The molecule has 6 rings (SSSR count). The van der Waals surface area contributed by atoms with Gasteiger partial charge in [0.25, 0.3) is 0 Å². The fourth-order valence-corrected chi connectivity index (χ4v) is 5.77. The number of hydrogen-bond acceptors (Lipinski definition) is 5. The van der Waals surface area contributed by atoms with E-state index < -0.39 is 0 Å². The standard InChI is InChI=1S/C36H42N6O4/c1-24-8-11-29(12-9-24)42-33(23-32(40-42)36(2,3)4)39-34(43)37-27-7-5-6-26(21-27)20-25-14-16-41(17-15-25)35(44)38-28-10-13-30-31(22-28)46-19-18-45-30/h5-13,21-23,25H,14-20H2,1-4H3,(H,38,44)(H2,37,39,43). The Labute approximate surface area is 270 Å². The lowest BCUT2D eigenvalue weighted by atomic mass is 9.90. The van der Waals surface area contributed by atoms with Crippen LogP contribution < -0.4 is 25.4 Å². The third-order valence-corrected chi connectivity index (χ3v) is 8.40. The number of likely N-dealkylation sites (tertiary alicyclic amines) is 1. The van der Waals surface area contributed by atoms with Crippen molar-refractivity contribution in [3.63, 3.8) is 0 Å². The van der Waals surface area contributed by atoms with E-state index in [4.69, 9.17) is 14.6 Å². The van der Waals surface area contributed by atoms with E-state index in [1.165, 1.54) is 0 Å². The van der Waals surface area contributed by atoms with Gasteiger partial charge in [0.15, 0.2) is 11.5 Å². The number of ether oxygens (including phenoxy) is 2. The van der Waals surface area contributed by atoms with Crippen LogP contribution in [0.4, 0.5) is 26.8 Å². The largest absolute Gasteiger partial charge is 0.486 e. The molecule has 0 bridgehead atoms. The molecule has 10 heteroatoms. The van der Waals surface area contributed by atoms with Crippen molar-refractivity contribution in [1.82, 2.24) is 14.7 Å². The van der Waals surface area contributed by atoms with Gasteiger partial charge in [0.1, 0.15) is 19.0 Å². The molecule has 2 aliphatic heterocycles. The molecule has 10 nitrogen and oxygen atoms in total. The lowest BCUT2D eigenvalue weighted by molar-refractivity contribution is 0.171. The average molecular weight is 623 g/mol. The molecule has 240 valence electrons. The molecule has 46 heavy (non-hydrogen) atoms. The Morgan fingerprint density at radius 1 is 0.848 bits per heavy atom. The number of carbonyl (C=O) groups excluding carboxylic acids is 2. The van der Waals surface area contributed by atoms with Gasteiger partial charge in [-0.3, -0.25) is 5.32 Å². The van der Waals surface area contributed by atoms with Gasteiger partial charge in [-0.15, -0.1) is 0 Å². The highest BCUT2D eigenvalue weighted by molar-refractivity contribution is 5.99. The van der Waals surface area contributed by atoms with Crippen molar-refractivity contribution in [1.29, 1.82) is 0 Å². The second kappa shape index (κ2) is 13.2. The van der Waals surface area contributed by atoms with E-state index in [1.54, 1.807) is 4.68 Å². The third kappa shape index (κ3) is 7.44. The first-order valence-corrected chi connectivity index (χ1v) is 15.9. The first kappa shape index (κ1) is 31.0. The molecule has 1 saturated heterocycles. The molecule has 0 saturated carbocycles. The number of carbonyl (C=O) groups is 2. The van der Waals surface area contributed by atoms with Crippen molar-refractivity contribution in [2.75, 3.05) is 42.3 Å². The van der Waals surface area contributed by atoms with Crippen LogP contribution in [0.5, 0.6) is 11.5 Å². The lowest BCUT2D eigenvalue weighted by Crippen LogP contribution is -2.41. The van der Waals surface area contributed by atoms with E-state index in [1.807, 2.05) is 78.6 Å². The van der Waals surface area contributed by atoms with Gasteiger partial charge in [0, 0.05) is 42.0 Å². The fraction of sp³-hybridized carbons (Fsp3) is 0.361. The first-order valence-electron chi connectivity index (χ1n) is 15.9.